The van der Waals surface area contributed by atoms with E-state index in [2.05, 4.69) is 51.1 Å². The van der Waals surface area contributed by atoms with Crippen molar-refractivity contribution in [3.8, 4) is 11.4 Å². The van der Waals surface area contributed by atoms with Crippen molar-refractivity contribution in [1.29, 1.82) is 0 Å². The molecule has 138 valence electrons. The van der Waals surface area contributed by atoms with Crippen LogP contribution in [-0.4, -0.2) is 33.2 Å². The number of para-hydroxylation sites is 2. The number of hydrogen-bond acceptors (Lipinski definition) is 3. The van der Waals surface area contributed by atoms with Crippen molar-refractivity contribution >= 4 is 17.3 Å². The van der Waals surface area contributed by atoms with E-state index in [0.717, 1.165) is 34.5 Å². The normalized spacial score (nSPS) is 19.2. The van der Waals surface area contributed by atoms with Crippen LogP contribution in [0.25, 0.3) is 5.69 Å². The molecule has 1 aliphatic rings. The Labute approximate surface area is 164 Å². The fourth-order valence-electron chi connectivity index (χ4n) is 3.75. The Kier molecular flexibility index (Phi) is 4.81. The molecule has 27 heavy (non-hydrogen) atoms. The third-order valence-corrected chi connectivity index (χ3v) is 5.32. The smallest absolute Gasteiger partial charge is 0.170 e. The van der Waals surface area contributed by atoms with Gasteiger partial charge in [-0.05, 0) is 55.5 Å². The Hall–Kier alpha value is -2.86. The van der Waals surface area contributed by atoms with Gasteiger partial charge in [0.2, 0.25) is 0 Å². The first-order valence-electron chi connectivity index (χ1n) is 9.03. The van der Waals surface area contributed by atoms with Crippen molar-refractivity contribution in [2.45, 2.75) is 19.0 Å². The molecular formula is C21H22N4OS. The van der Waals surface area contributed by atoms with Gasteiger partial charge in [0, 0.05) is 24.6 Å². The van der Waals surface area contributed by atoms with Crippen LogP contribution in [0.2, 0.25) is 0 Å². The maximum Gasteiger partial charge on any atom is 0.170 e. The number of aromatic nitrogens is 2. The predicted molar refractivity (Wildman–Crippen MR) is 110 cm³/mol. The number of pyridine rings is 1. The van der Waals surface area contributed by atoms with Crippen LogP contribution in [0, 0.1) is 0 Å². The molecule has 0 amide bonds. The van der Waals surface area contributed by atoms with Crippen LogP contribution in [0.4, 0.5) is 0 Å². The molecule has 1 fully saturated rings. The van der Waals surface area contributed by atoms with Gasteiger partial charge in [-0.3, -0.25) is 4.98 Å². The van der Waals surface area contributed by atoms with E-state index in [-0.39, 0.29) is 12.1 Å². The van der Waals surface area contributed by atoms with E-state index in [0.29, 0.717) is 0 Å². The van der Waals surface area contributed by atoms with Gasteiger partial charge in [-0.15, -0.1) is 0 Å². The summed E-state index contributed by atoms with van der Waals surface area (Å²) in [5.74, 6) is 0.834. The SMILES string of the molecule is CCN1C(=S)N[C@H](c2ccccn2)[C@@H]1c1cccn1-c1ccccc1OC. The number of nitrogens with zero attached hydrogens (tertiary/aromatic N) is 3. The topological polar surface area (TPSA) is 42.3 Å². The Morgan fingerprint density at radius 3 is 2.67 bits per heavy atom. The van der Waals surface area contributed by atoms with Gasteiger partial charge in [0.25, 0.3) is 0 Å². The van der Waals surface area contributed by atoms with Crippen LogP contribution in [0.15, 0.2) is 67.0 Å². The fourth-order valence-corrected chi connectivity index (χ4v) is 4.12. The highest BCUT2D eigenvalue weighted by Crippen LogP contribution is 2.40. The van der Waals surface area contributed by atoms with Gasteiger partial charge >= 0.3 is 0 Å². The van der Waals surface area contributed by atoms with Crippen LogP contribution in [0.5, 0.6) is 5.75 Å². The number of benzene rings is 1. The molecule has 0 unspecified atom stereocenters. The number of hydrogen-bond donors (Lipinski definition) is 1. The summed E-state index contributed by atoms with van der Waals surface area (Å²) in [6.45, 7) is 2.94. The molecule has 0 saturated carbocycles. The molecule has 2 atom stereocenters. The molecular weight excluding hydrogens is 356 g/mol. The highest BCUT2D eigenvalue weighted by molar-refractivity contribution is 7.80. The van der Waals surface area contributed by atoms with E-state index < -0.39 is 0 Å². The quantitative estimate of drug-likeness (QED) is 0.683. The molecule has 1 aromatic carbocycles. The molecule has 0 spiro atoms. The number of likely N-dealkylation sites (N-methyl/N-ethyl adjacent to an activating group) is 1. The van der Waals surface area contributed by atoms with Gasteiger partial charge in [-0.25, -0.2) is 0 Å². The van der Waals surface area contributed by atoms with Crippen LogP contribution >= 0.6 is 12.2 Å². The van der Waals surface area contributed by atoms with Crippen LogP contribution in [0.1, 0.15) is 30.4 Å². The standard InChI is InChI=1S/C21H22N4OS/c1-3-24-20(19(23-21(24)27)15-9-6-7-13-22-15)17-11-8-14-25(17)16-10-4-5-12-18(16)26-2/h4-14,19-20H,3H2,1-2H3,(H,23,27)/t19-,20+/m1/s1. The summed E-state index contributed by atoms with van der Waals surface area (Å²) in [5.41, 5.74) is 3.13. The average molecular weight is 379 g/mol. The Bertz CT molecular complexity index is 940. The average Bonchev–Trinajstić information content (AvgIpc) is 3.32. The molecule has 0 bridgehead atoms. The van der Waals surface area contributed by atoms with Crippen molar-refractivity contribution in [2.75, 3.05) is 13.7 Å². The molecule has 1 N–H and O–H groups in total. The van der Waals surface area contributed by atoms with Gasteiger partial charge in [-0.2, -0.15) is 0 Å². The number of rotatable bonds is 5. The Balaban J connectivity index is 1.83. The lowest BCUT2D eigenvalue weighted by Gasteiger charge is -2.28. The molecule has 4 rings (SSSR count). The van der Waals surface area contributed by atoms with Crippen molar-refractivity contribution in [3.63, 3.8) is 0 Å². The Morgan fingerprint density at radius 1 is 1.11 bits per heavy atom. The van der Waals surface area contributed by atoms with E-state index in [9.17, 15) is 0 Å². The van der Waals surface area contributed by atoms with E-state index in [1.807, 2.05) is 42.6 Å². The number of thiocarbonyl (C=S) groups is 1. The second-order valence-corrected chi connectivity index (χ2v) is 6.77. The lowest BCUT2D eigenvalue weighted by molar-refractivity contribution is 0.320. The largest absolute Gasteiger partial charge is 0.495 e. The number of methoxy groups -OCH3 is 1. The van der Waals surface area contributed by atoms with Gasteiger partial charge in [0.1, 0.15) is 5.75 Å². The van der Waals surface area contributed by atoms with Crippen LogP contribution < -0.4 is 10.1 Å². The first-order chi connectivity index (χ1) is 13.2. The molecule has 0 radical (unpaired) electrons. The van der Waals surface area contributed by atoms with E-state index in [1.54, 1.807) is 7.11 Å². The van der Waals surface area contributed by atoms with Crippen LogP contribution in [0.3, 0.4) is 0 Å². The molecule has 2 aromatic heterocycles. The molecule has 0 aliphatic carbocycles. The monoisotopic (exact) mass is 378 g/mol. The first-order valence-corrected chi connectivity index (χ1v) is 9.44. The van der Waals surface area contributed by atoms with Gasteiger partial charge in [0.05, 0.1) is 30.6 Å². The fraction of sp³-hybridized carbons (Fsp3) is 0.238. The highest BCUT2D eigenvalue weighted by Gasteiger charge is 2.40. The minimum absolute atomic E-state index is 0.0120. The molecule has 6 heteroatoms. The minimum Gasteiger partial charge on any atom is -0.495 e. The maximum absolute atomic E-state index is 5.63. The van der Waals surface area contributed by atoms with Crippen molar-refractivity contribution < 1.29 is 4.74 Å². The minimum atomic E-state index is -0.0120. The van der Waals surface area contributed by atoms with Gasteiger partial charge < -0.3 is 19.5 Å². The predicted octanol–water partition coefficient (Wildman–Crippen LogP) is 3.87. The third-order valence-electron chi connectivity index (χ3n) is 4.97. The van der Waals surface area contributed by atoms with Crippen molar-refractivity contribution in [1.82, 2.24) is 19.8 Å². The zero-order chi connectivity index (χ0) is 18.8. The second-order valence-electron chi connectivity index (χ2n) is 6.39. The van der Waals surface area contributed by atoms with E-state index in [4.69, 9.17) is 17.0 Å². The lowest BCUT2D eigenvalue weighted by atomic mass is 10.0. The van der Waals surface area contributed by atoms with Crippen molar-refractivity contribution in [2.24, 2.45) is 0 Å². The summed E-state index contributed by atoms with van der Waals surface area (Å²) in [6.07, 6.45) is 3.89. The summed E-state index contributed by atoms with van der Waals surface area (Å²) >= 11 is 5.63. The van der Waals surface area contributed by atoms with E-state index in [1.165, 1.54) is 0 Å². The van der Waals surface area contributed by atoms with Crippen molar-refractivity contribution in [3.05, 3.63) is 78.4 Å². The molecule has 1 saturated heterocycles. The summed E-state index contributed by atoms with van der Waals surface area (Å²) in [5, 5.41) is 4.22. The number of nitrogens with one attached hydrogen (secondary N) is 1. The third kappa shape index (κ3) is 3.06. The summed E-state index contributed by atoms with van der Waals surface area (Å²) < 4.78 is 7.76. The second kappa shape index (κ2) is 7.40. The molecule has 3 heterocycles. The van der Waals surface area contributed by atoms with E-state index >= 15 is 0 Å². The summed E-state index contributed by atoms with van der Waals surface area (Å²) in [6, 6.07) is 18.3. The van der Waals surface area contributed by atoms with Gasteiger partial charge in [-0.1, -0.05) is 18.2 Å². The van der Waals surface area contributed by atoms with Gasteiger partial charge in [0.15, 0.2) is 5.11 Å². The maximum atomic E-state index is 5.63. The zero-order valence-electron chi connectivity index (χ0n) is 15.4. The summed E-state index contributed by atoms with van der Waals surface area (Å²) in [7, 11) is 1.70. The zero-order valence-corrected chi connectivity index (χ0v) is 16.2. The molecule has 3 aromatic rings. The van der Waals surface area contributed by atoms with Crippen LogP contribution in [-0.2, 0) is 0 Å². The molecule has 1 aliphatic heterocycles. The summed E-state index contributed by atoms with van der Waals surface area (Å²) in [4.78, 5) is 6.80. The molecule has 5 nitrogen and oxygen atoms in total. The first kappa shape index (κ1) is 17.5. The lowest BCUT2D eigenvalue weighted by Crippen LogP contribution is -2.30. The number of ether oxygens (including phenoxy) is 1. The highest BCUT2D eigenvalue weighted by atomic mass is 32.1. The Morgan fingerprint density at radius 2 is 1.93 bits per heavy atom.